The van der Waals surface area contributed by atoms with Gasteiger partial charge in [-0.2, -0.15) is 0 Å². The summed E-state index contributed by atoms with van der Waals surface area (Å²) < 4.78 is 5.43. The summed E-state index contributed by atoms with van der Waals surface area (Å²) in [6, 6.07) is 5.30. The summed E-state index contributed by atoms with van der Waals surface area (Å²) in [4.78, 5) is 26.1. The zero-order valence-electron chi connectivity index (χ0n) is 16.6. The first kappa shape index (κ1) is 20.9. The Balaban J connectivity index is 2.20. The van der Waals surface area contributed by atoms with Crippen LogP contribution in [-0.2, 0) is 14.3 Å². The lowest BCUT2D eigenvalue weighted by molar-refractivity contribution is -0.139. The largest absolute Gasteiger partial charge is 0.462 e. The third-order valence-corrected chi connectivity index (χ3v) is 6.02. The van der Waals surface area contributed by atoms with Crippen molar-refractivity contribution in [2.24, 2.45) is 5.41 Å². The number of ketones is 1. The van der Waals surface area contributed by atoms with Crippen LogP contribution in [0.3, 0.4) is 0 Å². The number of esters is 1. The lowest BCUT2D eigenvalue weighted by Crippen LogP contribution is -2.38. The number of hydrogen-bond acceptors (Lipinski definition) is 4. The van der Waals surface area contributed by atoms with Crippen molar-refractivity contribution in [1.82, 2.24) is 5.32 Å². The quantitative estimate of drug-likeness (QED) is 0.647. The summed E-state index contributed by atoms with van der Waals surface area (Å²) >= 11 is 12.8. The van der Waals surface area contributed by atoms with Crippen molar-refractivity contribution in [3.8, 4) is 0 Å². The third-order valence-electron chi connectivity index (χ3n) is 5.19. The average molecular weight is 422 g/mol. The molecular formula is C22H25Cl2NO3. The number of hydrogen-bond donors (Lipinski definition) is 1. The summed E-state index contributed by atoms with van der Waals surface area (Å²) in [5, 5.41) is 4.05. The van der Waals surface area contributed by atoms with Gasteiger partial charge in [-0.25, -0.2) is 4.79 Å². The van der Waals surface area contributed by atoms with Crippen LogP contribution in [0.2, 0.25) is 10.0 Å². The standard InChI is InChI=1S/C22H25Cl2NO3/c1-5-9-28-21(27)17-12(2)25-15-10-22(3,4)11-16(26)19(15)18(17)13-7-6-8-14(23)20(13)24/h6-8,18,25H,5,9-11H2,1-4H3/t18-/m0/s1. The molecule has 0 fully saturated rings. The molecule has 150 valence electrons. The van der Waals surface area contributed by atoms with E-state index in [1.807, 2.05) is 19.9 Å². The molecule has 0 aromatic heterocycles. The molecule has 0 spiro atoms. The Morgan fingerprint density at radius 2 is 2.00 bits per heavy atom. The minimum Gasteiger partial charge on any atom is -0.462 e. The number of nitrogens with one attached hydrogen (secondary N) is 1. The SMILES string of the molecule is CCCOC(=O)C1=C(C)NC2=C(C(=O)CC(C)(C)C2)[C@H]1c1cccc(Cl)c1Cl. The Morgan fingerprint density at radius 3 is 2.68 bits per heavy atom. The fraction of sp³-hybridized carbons (Fsp3) is 0.455. The first-order chi connectivity index (χ1) is 13.2. The maximum absolute atomic E-state index is 13.2. The zero-order valence-corrected chi connectivity index (χ0v) is 18.1. The minimum atomic E-state index is -0.588. The van der Waals surface area contributed by atoms with Gasteiger partial charge >= 0.3 is 5.97 Å². The highest BCUT2D eigenvalue weighted by molar-refractivity contribution is 6.42. The van der Waals surface area contributed by atoms with Crippen molar-refractivity contribution in [3.63, 3.8) is 0 Å². The molecule has 1 heterocycles. The predicted octanol–water partition coefficient (Wildman–Crippen LogP) is 5.55. The Kier molecular flexibility index (Phi) is 5.92. The molecule has 0 amide bonds. The Labute approximate surface area is 175 Å². The highest BCUT2D eigenvalue weighted by Crippen LogP contribution is 2.48. The van der Waals surface area contributed by atoms with Crippen molar-refractivity contribution >= 4 is 35.0 Å². The van der Waals surface area contributed by atoms with E-state index in [1.165, 1.54) is 0 Å². The lowest BCUT2D eigenvalue weighted by atomic mass is 9.68. The van der Waals surface area contributed by atoms with Crippen molar-refractivity contribution in [2.45, 2.75) is 52.9 Å². The van der Waals surface area contributed by atoms with E-state index < -0.39 is 11.9 Å². The Hall–Kier alpha value is -1.78. The molecule has 28 heavy (non-hydrogen) atoms. The molecule has 1 N–H and O–H groups in total. The maximum Gasteiger partial charge on any atom is 0.336 e. The molecule has 1 atom stereocenters. The van der Waals surface area contributed by atoms with Gasteiger partial charge in [-0.1, -0.05) is 56.1 Å². The maximum atomic E-state index is 13.2. The number of rotatable bonds is 4. The summed E-state index contributed by atoms with van der Waals surface area (Å²) in [6.45, 7) is 8.23. The van der Waals surface area contributed by atoms with Crippen LogP contribution in [0.15, 0.2) is 40.7 Å². The van der Waals surface area contributed by atoms with Crippen molar-refractivity contribution in [2.75, 3.05) is 6.61 Å². The van der Waals surface area contributed by atoms with Gasteiger partial charge in [-0.15, -0.1) is 0 Å². The van der Waals surface area contributed by atoms with Gasteiger partial charge in [0.2, 0.25) is 0 Å². The Morgan fingerprint density at radius 1 is 1.29 bits per heavy atom. The van der Waals surface area contributed by atoms with Gasteiger partial charge in [-0.3, -0.25) is 4.79 Å². The van der Waals surface area contributed by atoms with E-state index in [4.69, 9.17) is 27.9 Å². The monoisotopic (exact) mass is 421 g/mol. The molecule has 0 radical (unpaired) electrons. The number of Topliss-reactive ketones (excluding diaryl/α,β-unsaturated/α-hetero) is 1. The number of halogens is 2. The number of ether oxygens (including phenoxy) is 1. The van der Waals surface area contributed by atoms with Gasteiger partial charge in [0.05, 0.1) is 22.2 Å². The highest BCUT2D eigenvalue weighted by atomic mass is 35.5. The minimum absolute atomic E-state index is 0.0214. The fourth-order valence-corrected chi connectivity index (χ4v) is 4.45. The Bertz CT molecular complexity index is 899. The molecule has 0 unspecified atom stereocenters. The molecule has 1 aliphatic carbocycles. The fourth-order valence-electron chi connectivity index (χ4n) is 4.03. The molecule has 4 nitrogen and oxygen atoms in total. The summed E-state index contributed by atoms with van der Waals surface area (Å²) in [7, 11) is 0. The first-order valence-corrected chi connectivity index (χ1v) is 10.3. The van der Waals surface area contributed by atoms with Crippen molar-refractivity contribution in [3.05, 3.63) is 56.3 Å². The van der Waals surface area contributed by atoms with Crippen LogP contribution in [0.5, 0.6) is 0 Å². The lowest BCUT2D eigenvalue weighted by Gasteiger charge is -2.39. The van der Waals surface area contributed by atoms with E-state index in [0.29, 0.717) is 45.5 Å². The van der Waals surface area contributed by atoms with E-state index >= 15 is 0 Å². The molecule has 1 aromatic rings. The van der Waals surface area contributed by atoms with E-state index in [9.17, 15) is 9.59 Å². The second kappa shape index (κ2) is 7.92. The van der Waals surface area contributed by atoms with E-state index in [0.717, 1.165) is 18.5 Å². The molecule has 2 aliphatic rings. The number of carbonyl (C=O) groups is 2. The van der Waals surface area contributed by atoms with E-state index in [2.05, 4.69) is 19.2 Å². The van der Waals surface area contributed by atoms with Crippen LogP contribution >= 0.6 is 23.2 Å². The number of allylic oxidation sites excluding steroid dienone is 3. The molecule has 0 saturated heterocycles. The van der Waals surface area contributed by atoms with Crippen LogP contribution in [0.1, 0.15) is 58.4 Å². The molecule has 1 aliphatic heterocycles. The molecular weight excluding hydrogens is 397 g/mol. The summed E-state index contributed by atoms with van der Waals surface area (Å²) in [6.07, 6.45) is 1.85. The second-order valence-corrected chi connectivity index (χ2v) is 8.99. The van der Waals surface area contributed by atoms with E-state index in [1.54, 1.807) is 12.1 Å². The molecule has 3 rings (SSSR count). The van der Waals surface area contributed by atoms with Crippen molar-refractivity contribution in [1.29, 1.82) is 0 Å². The summed E-state index contributed by atoms with van der Waals surface area (Å²) in [5.74, 6) is -0.999. The zero-order chi connectivity index (χ0) is 20.6. The van der Waals surface area contributed by atoms with Gasteiger partial charge in [-0.05, 0) is 36.8 Å². The van der Waals surface area contributed by atoms with Crippen LogP contribution in [0, 0.1) is 5.41 Å². The highest BCUT2D eigenvalue weighted by Gasteiger charge is 2.43. The number of dihydropyridines is 1. The normalized spacial score (nSPS) is 21.4. The van der Waals surface area contributed by atoms with E-state index in [-0.39, 0.29) is 11.2 Å². The van der Waals surface area contributed by atoms with Gasteiger partial charge in [0.1, 0.15) is 0 Å². The first-order valence-electron chi connectivity index (χ1n) is 9.51. The smallest absolute Gasteiger partial charge is 0.336 e. The van der Waals surface area contributed by atoms with Crippen LogP contribution in [0.25, 0.3) is 0 Å². The predicted molar refractivity (Wildman–Crippen MR) is 111 cm³/mol. The summed E-state index contributed by atoms with van der Waals surface area (Å²) in [5.41, 5.74) is 3.06. The van der Waals surface area contributed by atoms with Crippen LogP contribution in [0.4, 0.5) is 0 Å². The molecule has 0 saturated carbocycles. The van der Waals surface area contributed by atoms with Gasteiger partial charge in [0.15, 0.2) is 5.78 Å². The number of benzene rings is 1. The third kappa shape index (κ3) is 3.85. The van der Waals surface area contributed by atoms with Crippen LogP contribution in [-0.4, -0.2) is 18.4 Å². The molecule has 6 heteroatoms. The van der Waals surface area contributed by atoms with Crippen molar-refractivity contribution < 1.29 is 14.3 Å². The number of carbonyl (C=O) groups excluding carboxylic acids is 2. The van der Waals surface area contributed by atoms with Gasteiger partial charge in [0, 0.05) is 29.3 Å². The molecule has 0 bridgehead atoms. The molecule has 1 aromatic carbocycles. The van der Waals surface area contributed by atoms with Gasteiger partial charge < -0.3 is 10.1 Å². The van der Waals surface area contributed by atoms with Crippen LogP contribution < -0.4 is 5.32 Å². The second-order valence-electron chi connectivity index (χ2n) is 8.21. The van der Waals surface area contributed by atoms with Gasteiger partial charge in [0.25, 0.3) is 0 Å². The topological polar surface area (TPSA) is 55.4 Å². The average Bonchev–Trinajstić information content (AvgIpc) is 2.59.